The third kappa shape index (κ3) is 9.17. The van der Waals surface area contributed by atoms with Crippen molar-refractivity contribution in [3.8, 4) is 0 Å². The van der Waals surface area contributed by atoms with E-state index in [9.17, 15) is 9.59 Å². The number of thiophene rings is 2. The van der Waals surface area contributed by atoms with E-state index in [0.717, 1.165) is 29.0 Å². The molecule has 1 atom stereocenters. The molecule has 0 fully saturated rings. The smallest absolute Gasteiger partial charge is 0.410 e. The van der Waals surface area contributed by atoms with Crippen LogP contribution in [-0.4, -0.2) is 35.3 Å². The van der Waals surface area contributed by atoms with Gasteiger partial charge in [-0.2, -0.15) is 0 Å². The zero-order valence-electron chi connectivity index (χ0n) is 18.2. The van der Waals surface area contributed by atoms with Gasteiger partial charge in [-0.15, -0.1) is 22.7 Å². The number of nitrogens with zero attached hydrogens (tertiary/aromatic N) is 1. The Labute approximate surface area is 187 Å². The molecule has 2 rings (SSSR count). The number of ether oxygens (including phenoxy) is 2. The average Bonchev–Trinajstić information content (AvgIpc) is 3.35. The van der Waals surface area contributed by atoms with Crippen LogP contribution in [0.2, 0.25) is 0 Å². The Morgan fingerprint density at radius 2 is 1.70 bits per heavy atom. The van der Waals surface area contributed by atoms with Gasteiger partial charge in [0, 0.05) is 9.75 Å². The summed E-state index contributed by atoms with van der Waals surface area (Å²) < 4.78 is 11.0. The molecule has 166 valence electrons. The van der Waals surface area contributed by atoms with E-state index >= 15 is 0 Å². The van der Waals surface area contributed by atoms with E-state index in [4.69, 9.17) is 9.47 Å². The average molecular weight is 453 g/mol. The lowest BCUT2D eigenvalue weighted by atomic mass is 10.1. The molecule has 0 radical (unpaired) electrons. The molecule has 2 amide bonds. The maximum absolute atomic E-state index is 12.9. The van der Waals surface area contributed by atoms with Gasteiger partial charge in [-0.3, -0.25) is 4.90 Å². The van der Waals surface area contributed by atoms with Crippen molar-refractivity contribution in [2.24, 2.45) is 0 Å². The number of alkyl carbamates (subject to hydrolysis) is 1. The van der Waals surface area contributed by atoms with Crippen LogP contribution in [0.5, 0.6) is 0 Å². The summed E-state index contributed by atoms with van der Waals surface area (Å²) in [7, 11) is 0. The quantitative estimate of drug-likeness (QED) is 0.478. The maximum atomic E-state index is 12.9. The van der Waals surface area contributed by atoms with Gasteiger partial charge >= 0.3 is 12.2 Å². The summed E-state index contributed by atoms with van der Waals surface area (Å²) in [6.07, 6.45) is 1.76. The van der Waals surface area contributed by atoms with Crippen molar-refractivity contribution in [2.45, 2.75) is 71.7 Å². The summed E-state index contributed by atoms with van der Waals surface area (Å²) in [4.78, 5) is 28.9. The predicted molar refractivity (Wildman–Crippen MR) is 122 cm³/mol. The summed E-state index contributed by atoms with van der Waals surface area (Å²) in [5.74, 6) is 0. The monoisotopic (exact) mass is 452 g/mol. The fourth-order valence-electron chi connectivity index (χ4n) is 2.75. The predicted octanol–water partition coefficient (Wildman–Crippen LogP) is 6.03. The van der Waals surface area contributed by atoms with Gasteiger partial charge in [-0.25, -0.2) is 9.59 Å². The highest BCUT2D eigenvalue weighted by Crippen LogP contribution is 2.18. The molecule has 0 saturated heterocycles. The van der Waals surface area contributed by atoms with E-state index in [2.05, 4.69) is 12.2 Å². The Hall–Kier alpha value is -2.06. The lowest BCUT2D eigenvalue weighted by Gasteiger charge is -2.25. The van der Waals surface area contributed by atoms with Crippen LogP contribution in [0.25, 0.3) is 0 Å². The molecule has 8 heteroatoms. The second-order valence-electron chi connectivity index (χ2n) is 8.08. The molecule has 6 nitrogen and oxygen atoms in total. The van der Waals surface area contributed by atoms with Crippen LogP contribution in [0.1, 0.15) is 56.7 Å². The number of unbranched alkanes of at least 4 members (excludes halogenated alkanes) is 1. The van der Waals surface area contributed by atoms with Gasteiger partial charge in [-0.1, -0.05) is 31.9 Å². The van der Waals surface area contributed by atoms with Crippen molar-refractivity contribution < 1.29 is 19.1 Å². The third-order valence-electron chi connectivity index (χ3n) is 4.15. The van der Waals surface area contributed by atoms with E-state index in [1.54, 1.807) is 27.6 Å². The van der Waals surface area contributed by atoms with Gasteiger partial charge in [0.25, 0.3) is 0 Å². The highest BCUT2D eigenvalue weighted by Gasteiger charge is 2.22. The zero-order chi connectivity index (χ0) is 22.0. The summed E-state index contributed by atoms with van der Waals surface area (Å²) in [5.41, 5.74) is -0.575. The molecule has 0 saturated carbocycles. The van der Waals surface area contributed by atoms with Crippen LogP contribution in [0.3, 0.4) is 0 Å². The molecule has 0 spiro atoms. The van der Waals surface area contributed by atoms with E-state index in [-0.39, 0.29) is 18.7 Å². The number of rotatable bonds is 10. The van der Waals surface area contributed by atoms with Crippen molar-refractivity contribution in [1.82, 2.24) is 10.2 Å². The van der Waals surface area contributed by atoms with E-state index in [1.807, 2.05) is 55.8 Å². The Balaban J connectivity index is 1.97. The number of hydrogen-bond acceptors (Lipinski definition) is 6. The fourth-order valence-corrected chi connectivity index (χ4v) is 4.19. The minimum absolute atomic E-state index is 0.115. The van der Waals surface area contributed by atoms with Crippen LogP contribution in [0, 0.1) is 0 Å². The summed E-state index contributed by atoms with van der Waals surface area (Å²) in [6.45, 7) is 8.65. The first kappa shape index (κ1) is 24.2. The summed E-state index contributed by atoms with van der Waals surface area (Å²) >= 11 is 3.22. The minimum atomic E-state index is -0.575. The normalized spacial score (nSPS) is 12.3. The highest BCUT2D eigenvalue weighted by molar-refractivity contribution is 7.10. The van der Waals surface area contributed by atoms with Gasteiger partial charge < -0.3 is 14.8 Å². The molecule has 30 heavy (non-hydrogen) atoms. The molecule has 0 aliphatic rings. The zero-order valence-corrected chi connectivity index (χ0v) is 19.8. The molecule has 0 bridgehead atoms. The lowest BCUT2D eigenvalue weighted by molar-refractivity contribution is 0.0443. The fraction of sp³-hybridized carbons (Fsp3) is 0.545. The molecule has 0 aliphatic carbocycles. The van der Waals surface area contributed by atoms with Gasteiger partial charge in [0.05, 0.1) is 19.1 Å². The largest absolute Gasteiger partial charge is 0.447 e. The number of hydrogen-bond donors (Lipinski definition) is 1. The van der Waals surface area contributed by atoms with Crippen molar-refractivity contribution in [3.63, 3.8) is 0 Å². The minimum Gasteiger partial charge on any atom is -0.447 e. The first-order valence-electron chi connectivity index (χ1n) is 10.2. The Bertz CT molecular complexity index is 718. The van der Waals surface area contributed by atoms with E-state index in [1.165, 1.54) is 0 Å². The van der Waals surface area contributed by atoms with Crippen molar-refractivity contribution >= 4 is 34.9 Å². The van der Waals surface area contributed by atoms with Gasteiger partial charge in [-0.05, 0) is 50.1 Å². The highest BCUT2D eigenvalue weighted by atomic mass is 32.1. The topological polar surface area (TPSA) is 67.9 Å². The number of carbonyl (C=O) groups is 2. The van der Waals surface area contributed by atoms with Crippen molar-refractivity contribution in [2.75, 3.05) is 6.61 Å². The van der Waals surface area contributed by atoms with Crippen molar-refractivity contribution in [3.05, 3.63) is 44.8 Å². The summed E-state index contributed by atoms with van der Waals surface area (Å²) in [5, 5.41) is 6.83. The maximum Gasteiger partial charge on any atom is 0.410 e. The van der Waals surface area contributed by atoms with Crippen LogP contribution in [-0.2, 0) is 22.6 Å². The molecule has 2 aromatic rings. The first-order valence-corrected chi connectivity index (χ1v) is 12.0. The Morgan fingerprint density at radius 3 is 2.17 bits per heavy atom. The van der Waals surface area contributed by atoms with Crippen LogP contribution in [0.15, 0.2) is 35.0 Å². The second kappa shape index (κ2) is 12.0. The molecule has 2 aromatic heterocycles. The lowest BCUT2D eigenvalue weighted by Crippen LogP contribution is -2.43. The van der Waals surface area contributed by atoms with Crippen LogP contribution < -0.4 is 5.32 Å². The number of nitrogens with one attached hydrogen (secondary N) is 1. The molecule has 2 heterocycles. The van der Waals surface area contributed by atoms with Crippen LogP contribution in [0.4, 0.5) is 9.59 Å². The SMILES string of the molecule is CCCC[C@@H](COC(=O)N(Cc1cccs1)Cc1cccs1)NC(=O)OC(C)(C)C. The number of carbonyl (C=O) groups excluding carboxylic acids is 2. The van der Waals surface area contributed by atoms with Gasteiger partial charge in [0.15, 0.2) is 0 Å². The molecule has 0 unspecified atom stereocenters. The van der Waals surface area contributed by atoms with Gasteiger partial charge in [0.2, 0.25) is 0 Å². The second-order valence-corrected chi connectivity index (χ2v) is 10.1. The molecule has 0 aliphatic heterocycles. The summed E-state index contributed by atoms with van der Waals surface area (Å²) in [6, 6.07) is 7.68. The Morgan fingerprint density at radius 1 is 1.10 bits per heavy atom. The molecule has 0 aromatic carbocycles. The van der Waals surface area contributed by atoms with Crippen molar-refractivity contribution in [1.29, 1.82) is 0 Å². The van der Waals surface area contributed by atoms with E-state index in [0.29, 0.717) is 13.1 Å². The van der Waals surface area contributed by atoms with Crippen LogP contribution >= 0.6 is 22.7 Å². The molecule has 1 N–H and O–H groups in total. The molecular weight excluding hydrogens is 420 g/mol. The van der Waals surface area contributed by atoms with Gasteiger partial charge in [0.1, 0.15) is 12.2 Å². The third-order valence-corrected chi connectivity index (χ3v) is 5.87. The standard InChI is InChI=1S/C22H32N2O4S2/c1-5-6-9-17(23-20(25)28-22(2,3)4)16-27-21(26)24(14-18-10-7-12-29-18)15-19-11-8-13-30-19/h7-8,10-13,17H,5-6,9,14-16H2,1-4H3,(H,23,25)/t17-/m0/s1. The first-order chi connectivity index (χ1) is 14.3. The van der Waals surface area contributed by atoms with E-state index < -0.39 is 11.7 Å². The number of amides is 2. The molecular formula is C22H32N2O4S2. The Kier molecular flexibility index (Phi) is 9.65.